The van der Waals surface area contributed by atoms with Crippen LogP contribution < -0.4 is 4.90 Å². The third-order valence-corrected chi connectivity index (χ3v) is 3.00. The van der Waals surface area contributed by atoms with Gasteiger partial charge in [-0.05, 0) is 25.1 Å². The highest BCUT2D eigenvalue weighted by Gasteiger charge is 2.30. The summed E-state index contributed by atoms with van der Waals surface area (Å²) in [6.07, 6.45) is 0.540. The maximum absolute atomic E-state index is 13.4. The summed E-state index contributed by atoms with van der Waals surface area (Å²) in [6.45, 7) is 4.24. The number of benzene rings is 1. The molecule has 23 heavy (non-hydrogen) atoms. The molecule has 124 valence electrons. The van der Waals surface area contributed by atoms with E-state index in [1.165, 1.54) is 31.2 Å². The topological polar surface area (TPSA) is 72.9 Å². The van der Waals surface area contributed by atoms with Crippen molar-refractivity contribution in [2.45, 2.75) is 6.92 Å². The fourth-order valence-corrected chi connectivity index (χ4v) is 1.83. The zero-order valence-corrected chi connectivity index (χ0v) is 13.0. The second-order valence-corrected chi connectivity index (χ2v) is 4.64. The lowest BCUT2D eigenvalue weighted by Gasteiger charge is -2.24. The van der Waals surface area contributed by atoms with Crippen LogP contribution in [0.3, 0.4) is 0 Å². The first-order valence-corrected chi connectivity index (χ1v) is 6.79. The van der Waals surface area contributed by atoms with Gasteiger partial charge in [-0.3, -0.25) is 14.5 Å². The van der Waals surface area contributed by atoms with E-state index in [1.807, 2.05) is 0 Å². The number of methoxy groups -OCH3 is 1. The molecular weight excluding hydrogens is 305 g/mol. The minimum Gasteiger partial charge on any atom is -0.461 e. The number of ketones is 1. The fraction of sp³-hybridized carbons (Fsp3) is 0.312. The highest BCUT2D eigenvalue weighted by atomic mass is 19.1. The summed E-state index contributed by atoms with van der Waals surface area (Å²) in [7, 11) is 1.15. The molecule has 0 heterocycles. The molecule has 0 spiro atoms. The second kappa shape index (κ2) is 8.67. The van der Waals surface area contributed by atoms with E-state index < -0.39 is 29.6 Å². The normalized spacial score (nSPS) is 11.3. The SMILES string of the molecule is C=CCOC(=O)[C@H](CN(C(=O)OC)c1cccc(F)c1)C(C)=O. The predicted octanol–water partition coefficient (Wildman–Crippen LogP) is 2.33. The lowest BCUT2D eigenvalue weighted by molar-refractivity contribution is -0.150. The Bertz CT molecular complexity index is 602. The molecule has 0 aliphatic heterocycles. The molecule has 0 saturated heterocycles. The van der Waals surface area contributed by atoms with Crippen molar-refractivity contribution in [2.75, 3.05) is 25.2 Å². The van der Waals surface area contributed by atoms with Gasteiger partial charge in [0.1, 0.15) is 24.1 Å². The number of rotatable bonds is 7. The van der Waals surface area contributed by atoms with Gasteiger partial charge in [0.2, 0.25) is 0 Å². The molecule has 0 fully saturated rings. The molecule has 0 unspecified atom stereocenters. The van der Waals surface area contributed by atoms with E-state index in [9.17, 15) is 18.8 Å². The van der Waals surface area contributed by atoms with Gasteiger partial charge in [-0.1, -0.05) is 18.7 Å². The number of nitrogens with zero attached hydrogens (tertiary/aromatic N) is 1. The summed E-state index contributed by atoms with van der Waals surface area (Å²) in [6, 6.07) is 5.18. The van der Waals surface area contributed by atoms with E-state index in [0.29, 0.717) is 0 Å². The minimum atomic E-state index is -1.21. The van der Waals surface area contributed by atoms with Crippen LogP contribution in [0.15, 0.2) is 36.9 Å². The van der Waals surface area contributed by atoms with Crippen molar-refractivity contribution in [3.63, 3.8) is 0 Å². The summed E-state index contributed by atoms with van der Waals surface area (Å²) in [5.41, 5.74) is 0.166. The van der Waals surface area contributed by atoms with Crippen LogP contribution in [0.2, 0.25) is 0 Å². The molecule has 0 aliphatic rings. The molecular formula is C16H18FNO5. The molecule has 1 amide bonds. The number of hydrogen-bond donors (Lipinski definition) is 0. The van der Waals surface area contributed by atoms with Crippen LogP contribution in [-0.4, -0.2) is 38.1 Å². The highest BCUT2D eigenvalue weighted by molar-refractivity contribution is 6.00. The molecule has 0 aliphatic carbocycles. The lowest BCUT2D eigenvalue weighted by Crippen LogP contribution is -2.41. The van der Waals surface area contributed by atoms with Gasteiger partial charge in [-0.15, -0.1) is 0 Å². The van der Waals surface area contributed by atoms with Crippen molar-refractivity contribution >= 4 is 23.5 Å². The number of Topliss-reactive ketones (excluding diaryl/α,β-unsaturated/α-hetero) is 1. The maximum Gasteiger partial charge on any atom is 0.414 e. The van der Waals surface area contributed by atoms with Gasteiger partial charge in [0.25, 0.3) is 0 Å². The Labute approximate surface area is 133 Å². The standard InChI is InChI=1S/C16H18FNO5/c1-4-8-23-15(20)14(11(2)19)10-18(16(21)22-3)13-7-5-6-12(17)9-13/h4-7,9,14H,1,8,10H2,2-3H3/t14-/m1/s1. The molecule has 0 bridgehead atoms. The number of hydrogen-bond acceptors (Lipinski definition) is 5. The zero-order chi connectivity index (χ0) is 17.4. The van der Waals surface area contributed by atoms with Crippen LogP contribution in [0.25, 0.3) is 0 Å². The summed E-state index contributed by atoms with van der Waals surface area (Å²) in [4.78, 5) is 36.6. The van der Waals surface area contributed by atoms with Crippen LogP contribution >= 0.6 is 0 Å². The molecule has 1 rings (SSSR count). The Hall–Kier alpha value is -2.70. The molecule has 0 radical (unpaired) electrons. The predicted molar refractivity (Wildman–Crippen MR) is 81.5 cm³/mol. The molecule has 0 saturated carbocycles. The van der Waals surface area contributed by atoms with Gasteiger partial charge in [0.15, 0.2) is 0 Å². The fourth-order valence-electron chi connectivity index (χ4n) is 1.83. The molecule has 0 N–H and O–H groups in total. The van der Waals surface area contributed by atoms with Gasteiger partial charge in [-0.2, -0.15) is 0 Å². The molecule has 1 aromatic rings. The van der Waals surface area contributed by atoms with Crippen molar-refractivity contribution in [2.24, 2.45) is 5.92 Å². The van der Waals surface area contributed by atoms with Crippen molar-refractivity contribution in [3.8, 4) is 0 Å². The number of carbonyl (C=O) groups excluding carboxylic acids is 3. The average Bonchev–Trinajstić information content (AvgIpc) is 2.52. The summed E-state index contributed by atoms with van der Waals surface area (Å²) in [5.74, 6) is -3.05. The van der Waals surface area contributed by atoms with Gasteiger partial charge in [-0.25, -0.2) is 9.18 Å². The smallest absolute Gasteiger partial charge is 0.414 e. The van der Waals surface area contributed by atoms with Crippen LogP contribution in [0.4, 0.5) is 14.9 Å². The number of anilines is 1. The average molecular weight is 323 g/mol. The monoisotopic (exact) mass is 323 g/mol. The number of ether oxygens (including phenoxy) is 2. The Balaban J connectivity index is 3.06. The van der Waals surface area contributed by atoms with Crippen LogP contribution in [0.1, 0.15) is 6.92 Å². The Morgan fingerprint density at radius 1 is 1.39 bits per heavy atom. The van der Waals surface area contributed by atoms with Gasteiger partial charge in [0, 0.05) is 12.2 Å². The zero-order valence-electron chi connectivity index (χ0n) is 13.0. The van der Waals surface area contributed by atoms with Crippen LogP contribution in [-0.2, 0) is 19.1 Å². The highest BCUT2D eigenvalue weighted by Crippen LogP contribution is 2.19. The number of halogens is 1. The van der Waals surface area contributed by atoms with E-state index in [1.54, 1.807) is 0 Å². The molecule has 1 atom stereocenters. The van der Waals surface area contributed by atoms with Crippen molar-refractivity contribution in [1.82, 2.24) is 0 Å². The Morgan fingerprint density at radius 2 is 2.09 bits per heavy atom. The molecule has 6 nitrogen and oxygen atoms in total. The molecule has 1 aromatic carbocycles. The van der Waals surface area contributed by atoms with E-state index >= 15 is 0 Å². The van der Waals surface area contributed by atoms with E-state index in [4.69, 9.17) is 4.74 Å². The van der Waals surface area contributed by atoms with Crippen molar-refractivity contribution < 1.29 is 28.2 Å². The van der Waals surface area contributed by atoms with Gasteiger partial charge >= 0.3 is 12.1 Å². The van der Waals surface area contributed by atoms with Crippen LogP contribution in [0.5, 0.6) is 0 Å². The second-order valence-electron chi connectivity index (χ2n) is 4.64. The third kappa shape index (κ3) is 5.21. The van der Waals surface area contributed by atoms with Crippen LogP contribution in [0, 0.1) is 11.7 Å². The molecule has 7 heteroatoms. The third-order valence-electron chi connectivity index (χ3n) is 3.00. The van der Waals surface area contributed by atoms with Crippen molar-refractivity contribution in [1.29, 1.82) is 0 Å². The van der Waals surface area contributed by atoms with E-state index in [2.05, 4.69) is 11.3 Å². The summed E-state index contributed by atoms with van der Waals surface area (Å²) in [5, 5.41) is 0. The Morgan fingerprint density at radius 3 is 2.61 bits per heavy atom. The largest absolute Gasteiger partial charge is 0.461 e. The molecule has 0 aromatic heterocycles. The number of amides is 1. The lowest BCUT2D eigenvalue weighted by atomic mass is 10.0. The minimum absolute atomic E-state index is 0.0548. The first kappa shape index (κ1) is 18.3. The van der Waals surface area contributed by atoms with Crippen molar-refractivity contribution in [3.05, 3.63) is 42.7 Å². The summed E-state index contributed by atoms with van der Waals surface area (Å²) >= 11 is 0. The summed E-state index contributed by atoms with van der Waals surface area (Å²) < 4.78 is 22.9. The van der Waals surface area contributed by atoms with Gasteiger partial charge < -0.3 is 9.47 Å². The number of carbonyl (C=O) groups is 3. The van der Waals surface area contributed by atoms with Gasteiger partial charge in [0.05, 0.1) is 7.11 Å². The quantitative estimate of drug-likeness (QED) is 0.437. The first-order valence-electron chi connectivity index (χ1n) is 6.79. The first-order chi connectivity index (χ1) is 10.9. The Kier molecular flexibility index (Phi) is 6.92. The number of esters is 1. The van der Waals surface area contributed by atoms with E-state index in [-0.39, 0.29) is 18.8 Å². The maximum atomic E-state index is 13.4. The van der Waals surface area contributed by atoms with E-state index in [0.717, 1.165) is 18.1 Å².